The lowest BCUT2D eigenvalue weighted by Gasteiger charge is -2.27. The highest BCUT2D eigenvalue weighted by molar-refractivity contribution is 9.10. The molecule has 2 unspecified atom stereocenters. The molecule has 1 nitrogen and oxygen atoms in total. The van der Waals surface area contributed by atoms with Gasteiger partial charge in [-0.05, 0) is 48.9 Å². The Morgan fingerprint density at radius 1 is 1.35 bits per heavy atom. The molecular weight excluding hydrogens is 344 g/mol. The molecule has 1 aromatic rings. The van der Waals surface area contributed by atoms with E-state index in [1.165, 1.54) is 31.2 Å². The van der Waals surface area contributed by atoms with E-state index in [-0.39, 0.29) is 0 Å². The van der Waals surface area contributed by atoms with Crippen molar-refractivity contribution in [3.63, 3.8) is 0 Å². The summed E-state index contributed by atoms with van der Waals surface area (Å²) in [6.45, 7) is 2.32. The molecule has 3 heteroatoms. The average molecular weight is 362 g/mol. The number of halogens is 2. The zero-order valence-electron chi connectivity index (χ0n) is 10.1. The van der Waals surface area contributed by atoms with Crippen LogP contribution in [-0.2, 0) is 5.33 Å². The number of rotatable bonds is 3. The monoisotopic (exact) mass is 360 g/mol. The second-order valence-corrected chi connectivity index (χ2v) is 6.31. The number of alkyl halides is 1. The van der Waals surface area contributed by atoms with Gasteiger partial charge in [-0.2, -0.15) is 0 Å². The predicted molar refractivity (Wildman–Crippen MR) is 78.8 cm³/mol. The van der Waals surface area contributed by atoms with Crippen molar-refractivity contribution in [2.75, 3.05) is 0 Å². The normalized spacial score (nSPS) is 24.6. The van der Waals surface area contributed by atoms with Crippen LogP contribution in [0.4, 0.5) is 0 Å². The van der Waals surface area contributed by atoms with E-state index in [1.54, 1.807) is 0 Å². The summed E-state index contributed by atoms with van der Waals surface area (Å²) in [5, 5.41) is 0.853. The molecular formula is C14H18Br2O. The number of hydrogen-bond donors (Lipinski definition) is 0. The molecule has 0 N–H and O–H groups in total. The predicted octanol–water partition coefficient (Wildman–Crippen LogP) is 5.30. The fraction of sp³-hybridized carbons (Fsp3) is 0.571. The van der Waals surface area contributed by atoms with Crippen molar-refractivity contribution < 1.29 is 4.74 Å². The first-order valence-electron chi connectivity index (χ1n) is 6.20. The second kappa shape index (κ2) is 6.24. The van der Waals surface area contributed by atoms with E-state index < -0.39 is 0 Å². The molecule has 0 saturated heterocycles. The van der Waals surface area contributed by atoms with E-state index in [9.17, 15) is 0 Å². The molecule has 0 heterocycles. The lowest BCUT2D eigenvalue weighted by Crippen LogP contribution is -2.24. The molecule has 2 rings (SSSR count). The standard InChI is InChI=1S/C14H18Br2O/c1-10-3-2-4-12(7-10)17-13-5-6-14(16)11(8-13)9-15/h5-6,8,10,12H,2-4,7,9H2,1H3. The molecule has 1 aliphatic carbocycles. The highest BCUT2D eigenvalue weighted by Gasteiger charge is 2.20. The molecule has 0 bridgehead atoms. The molecule has 0 amide bonds. The molecule has 94 valence electrons. The summed E-state index contributed by atoms with van der Waals surface area (Å²) >= 11 is 7.03. The Kier molecular flexibility index (Phi) is 4.92. The van der Waals surface area contributed by atoms with Gasteiger partial charge in [-0.1, -0.05) is 45.2 Å². The van der Waals surface area contributed by atoms with E-state index in [0.29, 0.717) is 6.10 Å². The molecule has 1 aliphatic rings. The summed E-state index contributed by atoms with van der Waals surface area (Å²) in [4.78, 5) is 0. The van der Waals surface area contributed by atoms with Gasteiger partial charge in [-0.25, -0.2) is 0 Å². The minimum absolute atomic E-state index is 0.406. The van der Waals surface area contributed by atoms with Crippen LogP contribution in [0.1, 0.15) is 38.2 Å². The minimum Gasteiger partial charge on any atom is -0.490 e. The molecule has 17 heavy (non-hydrogen) atoms. The topological polar surface area (TPSA) is 9.23 Å². The third kappa shape index (κ3) is 3.72. The van der Waals surface area contributed by atoms with Gasteiger partial charge in [0.15, 0.2) is 0 Å². The quantitative estimate of drug-likeness (QED) is 0.663. The van der Waals surface area contributed by atoms with E-state index in [0.717, 1.165) is 21.5 Å². The molecule has 1 fully saturated rings. The van der Waals surface area contributed by atoms with Crippen molar-refractivity contribution in [1.29, 1.82) is 0 Å². The fourth-order valence-electron chi connectivity index (χ4n) is 2.40. The number of hydrogen-bond acceptors (Lipinski definition) is 1. The van der Waals surface area contributed by atoms with Gasteiger partial charge in [0.25, 0.3) is 0 Å². The van der Waals surface area contributed by atoms with Gasteiger partial charge in [-0.15, -0.1) is 0 Å². The van der Waals surface area contributed by atoms with E-state index >= 15 is 0 Å². The number of ether oxygens (including phenoxy) is 1. The summed E-state index contributed by atoms with van der Waals surface area (Å²) in [5.41, 5.74) is 1.24. The van der Waals surface area contributed by atoms with Crippen molar-refractivity contribution in [2.45, 2.75) is 44.0 Å². The SMILES string of the molecule is CC1CCCC(Oc2ccc(Br)c(CBr)c2)C1. The summed E-state index contributed by atoms with van der Waals surface area (Å²) in [5.74, 6) is 1.81. The van der Waals surface area contributed by atoms with E-state index in [1.807, 2.05) is 0 Å². The van der Waals surface area contributed by atoms with Crippen molar-refractivity contribution in [2.24, 2.45) is 5.92 Å². The van der Waals surface area contributed by atoms with Crippen LogP contribution < -0.4 is 4.74 Å². The lowest BCUT2D eigenvalue weighted by atomic mass is 9.89. The summed E-state index contributed by atoms with van der Waals surface area (Å²) in [7, 11) is 0. The first-order valence-corrected chi connectivity index (χ1v) is 8.11. The van der Waals surface area contributed by atoms with Crippen molar-refractivity contribution in [3.05, 3.63) is 28.2 Å². The molecule has 0 radical (unpaired) electrons. The van der Waals surface area contributed by atoms with Crippen LogP contribution in [0.15, 0.2) is 22.7 Å². The maximum absolute atomic E-state index is 6.08. The van der Waals surface area contributed by atoms with Gasteiger partial charge in [0, 0.05) is 9.80 Å². The van der Waals surface area contributed by atoms with Gasteiger partial charge in [-0.3, -0.25) is 0 Å². The average Bonchev–Trinajstić information content (AvgIpc) is 2.32. The van der Waals surface area contributed by atoms with Crippen molar-refractivity contribution in [1.82, 2.24) is 0 Å². The Morgan fingerprint density at radius 2 is 2.18 bits per heavy atom. The van der Waals surface area contributed by atoms with Crippen molar-refractivity contribution >= 4 is 31.9 Å². The molecule has 2 atom stereocenters. The Labute approximate surface area is 120 Å². The summed E-state index contributed by atoms with van der Waals surface area (Å²) in [6, 6.07) is 6.24. The maximum atomic E-state index is 6.08. The third-order valence-corrected chi connectivity index (χ3v) is 4.73. The minimum atomic E-state index is 0.406. The summed E-state index contributed by atoms with van der Waals surface area (Å²) < 4.78 is 7.22. The zero-order chi connectivity index (χ0) is 12.3. The largest absolute Gasteiger partial charge is 0.490 e. The van der Waals surface area contributed by atoms with Gasteiger partial charge in [0.2, 0.25) is 0 Å². The van der Waals surface area contributed by atoms with Crippen LogP contribution in [0.5, 0.6) is 5.75 Å². The highest BCUT2D eigenvalue weighted by Crippen LogP contribution is 2.30. The first-order chi connectivity index (χ1) is 8.19. The van der Waals surface area contributed by atoms with Crippen LogP contribution in [0.3, 0.4) is 0 Å². The number of benzene rings is 1. The van der Waals surface area contributed by atoms with Crippen LogP contribution in [-0.4, -0.2) is 6.10 Å². The molecule has 1 aromatic carbocycles. The Balaban J connectivity index is 2.02. The van der Waals surface area contributed by atoms with Gasteiger partial charge in [0.05, 0.1) is 6.10 Å². The summed E-state index contributed by atoms with van der Waals surface area (Å²) in [6.07, 6.45) is 5.45. The van der Waals surface area contributed by atoms with Gasteiger partial charge in [0.1, 0.15) is 5.75 Å². The molecule has 0 spiro atoms. The lowest BCUT2D eigenvalue weighted by molar-refractivity contribution is 0.129. The first kappa shape index (κ1) is 13.4. The Hall–Kier alpha value is -0.0200. The fourth-order valence-corrected chi connectivity index (χ4v) is 3.63. The van der Waals surface area contributed by atoms with Crippen molar-refractivity contribution in [3.8, 4) is 5.75 Å². The smallest absolute Gasteiger partial charge is 0.120 e. The molecule has 1 saturated carbocycles. The zero-order valence-corrected chi connectivity index (χ0v) is 13.3. The second-order valence-electron chi connectivity index (χ2n) is 4.90. The van der Waals surface area contributed by atoms with Crippen LogP contribution in [0.2, 0.25) is 0 Å². The van der Waals surface area contributed by atoms with E-state index in [2.05, 4.69) is 57.0 Å². The Morgan fingerprint density at radius 3 is 2.88 bits per heavy atom. The van der Waals surface area contributed by atoms with Gasteiger partial charge >= 0.3 is 0 Å². The maximum Gasteiger partial charge on any atom is 0.120 e. The van der Waals surface area contributed by atoms with Crippen LogP contribution in [0.25, 0.3) is 0 Å². The Bertz CT molecular complexity index is 378. The van der Waals surface area contributed by atoms with Crippen LogP contribution in [0, 0.1) is 5.92 Å². The molecule has 0 aromatic heterocycles. The van der Waals surface area contributed by atoms with Crippen LogP contribution >= 0.6 is 31.9 Å². The highest BCUT2D eigenvalue weighted by atomic mass is 79.9. The van der Waals surface area contributed by atoms with E-state index in [4.69, 9.17) is 4.74 Å². The third-order valence-electron chi connectivity index (χ3n) is 3.35. The molecule has 0 aliphatic heterocycles. The van der Waals surface area contributed by atoms with Gasteiger partial charge < -0.3 is 4.74 Å².